The highest BCUT2D eigenvalue weighted by Crippen LogP contribution is 2.37. The molecule has 8 nitrogen and oxygen atoms in total. The molecule has 1 N–H and O–H groups in total. The third-order valence-electron chi connectivity index (χ3n) is 7.08. The number of methoxy groups -OCH3 is 1. The number of nitrogens with one attached hydrogen (secondary N) is 1. The predicted molar refractivity (Wildman–Crippen MR) is 167 cm³/mol. The third-order valence-corrected chi connectivity index (χ3v) is 7.08. The molecule has 0 saturated carbocycles. The minimum absolute atomic E-state index is 0.0552. The van der Waals surface area contributed by atoms with Gasteiger partial charge in [0, 0.05) is 23.9 Å². The number of halogens is 6. The van der Waals surface area contributed by atoms with Gasteiger partial charge in [-0.2, -0.15) is 22.0 Å². The second-order valence-electron chi connectivity index (χ2n) is 10.6. The van der Waals surface area contributed by atoms with E-state index in [1.54, 1.807) is 32.2 Å². The highest BCUT2D eigenvalue weighted by molar-refractivity contribution is 5.92. The van der Waals surface area contributed by atoms with Gasteiger partial charge in [-0.1, -0.05) is 30.3 Å². The first kappa shape index (κ1) is 36.6. The zero-order valence-corrected chi connectivity index (χ0v) is 26.6. The van der Waals surface area contributed by atoms with Gasteiger partial charge in [0.15, 0.2) is 5.75 Å². The number of benzene rings is 3. The Morgan fingerprint density at radius 1 is 0.837 bits per heavy atom. The first-order chi connectivity index (χ1) is 23.2. The van der Waals surface area contributed by atoms with Crippen molar-refractivity contribution in [2.24, 2.45) is 0 Å². The number of carbonyl (C=O) groups excluding carboxylic acids is 2. The lowest BCUT2D eigenvalue weighted by Gasteiger charge is -2.19. The van der Waals surface area contributed by atoms with Crippen molar-refractivity contribution in [1.29, 1.82) is 0 Å². The minimum atomic E-state index is -5.08. The molecular formula is C35H32F6N2O6. The number of rotatable bonds is 14. The van der Waals surface area contributed by atoms with Gasteiger partial charge in [-0.15, -0.1) is 0 Å². The van der Waals surface area contributed by atoms with E-state index in [1.165, 1.54) is 31.3 Å². The fourth-order valence-electron chi connectivity index (χ4n) is 4.70. The van der Waals surface area contributed by atoms with Gasteiger partial charge in [-0.05, 0) is 72.5 Å². The summed E-state index contributed by atoms with van der Waals surface area (Å²) in [5, 5.41) is 2.24. The van der Waals surface area contributed by atoms with Crippen LogP contribution in [-0.4, -0.2) is 43.1 Å². The van der Waals surface area contributed by atoms with Crippen LogP contribution in [0.15, 0.2) is 72.9 Å². The second-order valence-corrected chi connectivity index (χ2v) is 10.6. The van der Waals surface area contributed by atoms with Crippen molar-refractivity contribution in [2.75, 3.05) is 25.6 Å². The van der Waals surface area contributed by atoms with Crippen LogP contribution in [0.3, 0.4) is 0 Å². The van der Waals surface area contributed by atoms with Crippen molar-refractivity contribution in [1.82, 2.24) is 4.98 Å². The van der Waals surface area contributed by atoms with Crippen LogP contribution >= 0.6 is 0 Å². The molecule has 3 aromatic carbocycles. The van der Waals surface area contributed by atoms with E-state index in [9.17, 15) is 31.5 Å². The predicted octanol–water partition coefficient (Wildman–Crippen LogP) is 7.81. The van der Waals surface area contributed by atoms with Crippen LogP contribution in [0, 0.1) is 5.82 Å². The normalized spacial score (nSPS) is 11.5. The van der Waals surface area contributed by atoms with E-state index in [4.69, 9.17) is 14.2 Å². The highest BCUT2D eigenvalue weighted by Gasteiger charge is 2.44. The van der Waals surface area contributed by atoms with Gasteiger partial charge >= 0.3 is 18.1 Å². The summed E-state index contributed by atoms with van der Waals surface area (Å²) in [6, 6.07) is 15.2. The zero-order chi connectivity index (χ0) is 35.8. The molecule has 0 spiro atoms. The van der Waals surface area contributed by atoms with Crippen molar-refractivity contribution in [2.45, 2.75) is 45.4 Å². The maximum Gasteiger partial charge on any atom is 0.416 e. The van der Waals surface area contributed by atoms with Crippen molar-refractivity contribution in [3.05, 3.63) is 101 Å². The van der Waals surface area contributed by atoms with Gasteiger partial charge in [0.25, 0.3) is 5.88 Å². The number of ether oxygens (including phenoxy) is 4. The standard InChI is InChI=1S/C35H32F6N2O6/c1-4-47-30-15-25(19-42-32(30)49-20-21-6-12-27(46-3)13-7-21)22-8-9-23(29(36)14-22)16-31(44)43-26-11-10-24(28(17-26)35(39,40)41)18-34(37,38)33(45)48-5-2/h6-15,17,19H,4-5,16,18,20H2,1-3H3,(H,43,44). The number of aromatic nitrogens is 1. The summed E-state index contributed by atoms with van der Waals surface area (Å²) in [4.78, 5) is 28.5. The second kappa shape index (κ2) is 15.8. The quantitative estimate of drug-likeness (QED) is 0.107. The van der Waals surface area contributed by atoms with E-state index in [0.717, 1.165) is 17.7 Å². The summed E-state index contributed by atoms with van der Waals surface area (Å²) in [5.41, 5.74) is -0.998. The molecule has 1 heterocycles. The van der Waals surface area contributed by atoms with Crippen LogP contribution in [0.2, 0.25) is 0 Å². The molecule has 4 aromatic rings. The maximum absolute atomic E-state index is 15.2. The molecule has 1 aromatic heterocycles. The summed E-state index contributed by atoms with van der Waals surface area (Å²) in [5.74, 6) is -6.53. The van der Waals surface area contributed by atoms with Gasteiger partial charge in [-0.3, -0.25) is 4.79 Å². The molecule has 0 saturated heterocycles. The van der Waals surface area contributed by atoms with E-state index >= 15 is 4.39 Å². The largest absolute Gasteiger partial charge is 0.497 e. The summed E-state index contributed by atoms with van der Waals surface area (Å²) >= 11 is 0. The lowest BCUT2D eigenvalue weighted by molar-refractivity contribution is -0.171. The van der Waals surface area contributed by atoms with Crippen molar-refractivity contribution < 1.29 is 54.9 Å². The Bertz CT molecular complexity index is 1780. The van der Waals surface area contributed by atoms with Crippen LogP contribution in [0.4, 0.5) is 32.0 Å². The molecule has 1 amide bonds. The molecule has 0 atom stereocenters. The molecule has 0 radical (unpaired) electrons. The molecule has 0 aliphatic rings. The number of alkyl halides is 5. The Kier molecular flexibility index (Phi) is 11.8. The number of amides is 1. The maximum atomic E-state index is 15.2. The van der Waals surface area contributed by atoms with Crippen LogP contribution < -0.4 is 19.5 Å². The molecule has 0 unspecified atom stereocenters. The number of pyridine rings is 1. The number of nitrogens with zero attached hydrogens (tertiary/aromatic N) is 1. The first-order valence-electron chi connectivity index (χ1n) is 15.0. The van der Waals surface area contributed by atoms with Crippen LogP contribution in [0.25, 0.3) is 11.1 Å². The Labute approximate surface area is 278 Å². The highest BCUT2D eigenvalue weighted by atomic mass is 19.4. The van der Waals surface area contributed by atoms with E-state index in [2.05, 4.69) is 15.0 Å². The summed E-state index contributed by atoms with van der Waals surface area (Å²) in [6.07, 6.45) is -5.72. The monoisotopic (exact) mass is 690 g/mol. The lowest BCUT2D eigenvalue weighted by atomic mass is 9.99. The molecule has 0 aliphatic carbocycles. The number of hydrogen-bond donors (Lipinski definition) is 1. The lowest BCUT2D eigenvalue weighted by Crippen LogP contribution is -2.34. The zero-order valence-electron chi connectivity index (χ0n) is 26.6. The van der Waals surface area contributed by atoms with Crippen LogP contribution in [0.1, 0.15) is 36.1 Å². The third kappa shape index (κ3) is 9.64. The first-order valence-corrected chi connectivity index (χ1v) is 15.0. The molecular weight excluding hydrogens is 658 g/mol. The summed E-state index contributed by atoms with van der Waals surface area (Å²) in [6.45, 7) is 3.19. The fourth-order valence-corrected chi connectivity index (χ4v) is 4.70. The SMILES string of the molecule is CCOC(=O)C(F)(F)Cc1ccc(NC(=O)Cc2ccc(-c3cnc(OCc4ccc(OC)cc4)c(OCC)c3)cc2F)cc1C(F)(F)F. The number of carbonyl (C=O) groups is 2. The van der Waals surface area contributed by atoms with E-state index in [1.807, 2.05) is 12.1 Å². The Balaban J connectivity index is 1.46. The van der Waals surface area contributed by atoms with Gasteiger partial charge in [0.05, 0.1) is 32.3 Å². The van der Waals surface area contributed by atoms with Crippen molar-refractivity contribution in [3.63, 3.8) is 0 Å². The smallest absolute Gasteiger partial charge is 0.416 e. The topological polar surface area (TPSA) is 96.0 Å². The molecule has 0 bridgehead atoms. The minimum Gasteiger partial charge on any atom is -0.497 e. The Hall–Kier alpha value is -5.27. The molecule has 0 fully saturated rings. The van der Waals surface area contributed by atoms with Crippen LogP contribution in [-0.2, 0) is 40.0 Å². The summed E-state index contributed by atoms with van der Waals surface area (Å²) < 4.78 is 106. The molecule has 49 heavy (non-hydrogen) atoms. The number of hydrogen-bond acceptors (Lipinski definition) is 7. The van der Waals surface area contributed by atoms with Crippen molar-refractivity contribution in [3.8, 4) is 28.5 Å². The van der Waals surface area contributed by atoms with E-state index in [-0.39, 0.29) is 30.3 Å². The molecule has 260 valence electrons. The summed E-state index contributed by atoms with van der Waals surface area (Å²) in [7, 11) is 1.57. The van der Waals surface area contributed by atoms with Gasteiger partial charge in [0.1, 0.15) is 18.2 Å². The fraction of sp³-hybridized carbons (Fsp3) is 0.286. The number of esters is 1. The Morgan fingerprint density at radius 3 is 2.18 bits per heavy atom. The van der Waals surface area contributed by atoms with Gasteiger partial charge in [-0.25, -0.2) is 14.2 Å². The van der Waals surface area contributed by atoms with Crippen molar-refractivity contribution >= 4 is 17.6 Å². The average molecular weight is 691 g/mol. The molecule has 4 rings (SSSR count). The van der Waals surface area contributed by atoms with Gasteiger partial charge in [0.2, 0.25) is 5.91 Å². The Morgan fingerprint density at radius 2 is 1.55 bits per heavy atom. The van der Waals surface area contributed by atoms with Crippen LogP contribution in [0.5, 0.6) is 17.4 Å². The van der Waals surface area contributed by atoms with E-state index in [0.29, 0.717) is 35.3 Å². The van der Waals surface area contributed by atoms with Gasteiger partial charge < -0.3 is 24.3 Å². The molecule has 0 aliphatic heterocycles. The van der Waals surface area contributed by atoms with E-state index < -0.39 is 53.8 Å². The molecule has 14 heteroatoms. The number of anilines is 1. The average Bonchev–Trinajstić information content (AvgIpc) is 3.05.